The lowest BCUT2D eigenvalue weighted by Crippen LogP contribution is -2.09. The van der Waals surface area contributed by atoms with Gasteiger partial charge in [0.1, 0.15) is 11.4 Å². The van der Waals surface area contributed by atoms with Crippen molar-refractivity contribution in [3.05, 3.63) is 84.3 Å². The molecule has 124 valence electrons. The largest absolute Gasteiger partial charge is 0.437 e. The number of carbonyl (C=O) groups excluding carboxylic acids is 1. The van der Waals surface area contributed by atoms with E-state index in [2.05, 4.69) is 15.3 Å². The molecule has 1 amide bonds. The molecule has 3 rings (SSSR count). The molecular weight excluding hydrogens is 314 g/mol. The Bertz CT molecular complexity index is 892. The van der Waals surface area contributed by atoms with E-state index in [0.717, 1.165) is 11.1 Å². The SMILES string of the molecule is Cc1ccccc1Oc1ncccc1NC(=O)/C=C/c1ccncc1. The van der Waals surface area contributed by atoms with Gasteiger partial charge in [-0.1, -0.05) is 18.2 Å². The van der Waals surface area contributed by atoms with Crippen molar-refractivity contribution in [1.29, 1.82) is 0 Å². The average molecular weight is 331 g/mol. The van der Waals surface area contributed by atoms with Crippen LogP contribution in [-0.4, -0.2) is 15.9 Å². The van der Waals surface area contributed by atoms with Crippen LogP contribution >= 0.6 is 0 Å². The van der Waals surface area contributed by atoms with Crippen LogP contribution in [0.15, 0.2) is 73.2 Å². The fourth-order valence-electron chi connectivity index (χ4n) is 2.16. The molecule has 0 fully saturated rings. The summed E-state index contributed by atoms with van der Waals surface area (Å²) in [5, 5.41) is 2.79. The number of ether oxygens (including phenoxy) is 1. The molecule has 1 aromatic carbocycles. The number of nitrogens with zero attached hydrogens (tertiary/aromatic N) is 2. The van der Waals surface area contributed by atoms with E-state index in [9.17, 15) is 4.79 Å². The summed E-state index contributed by atoms with van der Waals surface area (Å²) in [6.45, 7) is 1.95. The van der Waals surface area contributed by atoms with Gasteiger partial charge in [0.25, 0.3) is 0 Å². The maximum Gasteiger partial charge on any atom is 0.248 e. The molecule has 0 radical (unpaired) electrons. The maximum atomic E-state index is 12.2. The summed E-state index contributed by atoms with van der Waals surface area (Å²) in [5.41, 5.74) is 2.39. The van der Waals surface area contributed by atoms with Gasteiger partial charge in [-0.2, -0.15) is 0 Å². The quantitative estimate of drug-likeness (QED) is 0.711. The summed E-state index contributed by atoms with van der Waals surface area (Å²) in [7, 11) is 0. The number of pyridine rings is 2. The molecule has 0 saturated heterocycles. The molecule has 0 spiro atoms. The predicted octanol–water partition coefficient (Wildman–Crippen LogP) is 4.23. The topological polar surface area (TPSA) is 64.1 Å². The van der Waals surface area contributed by atoms with Crippen molar-refractivity contribution in [1.82, 2.24) is 9.97 Å². The van der Waals surface area contributed by atoms with E-state index in [1.54, 1.807) is 36.8 Å². The Hall–Kier alpha value is -3.47. The first kappa shape index (κ1) is 16.4. The Kier molecular flexibility index (Phi) is 5.16. The Labute approximate surface area is 146 Å². The van der Waals surface area contributed by atoms with Gasteiger partial charge in [-0.15, -0.1) is 0 Å². The van der Waals surface area contributed by atoms with Crippen LogP contribution in [-0.2, 0) is 4.79 Å². The van der Waals surface area contributed by atoms with E-state index >= 15 is 0 Å². The van der Waals surface area contributed by atoms with Crippen molar-refractivity contribution in [2.45, 2.75) is 6.92 Å². The number of hydrogen-bond donors (Lipinski definition) is 1. The number of aromatic nitrogens is 2. The molecule has 0 atom stereocenters. The molecule has 0 aliphatic rings. The van der Waals surface area contributed by atoms with Gasteiger partial charge < -0.3 is 10.1 Å². The fraction of sp³-hybridized carbons (Fsp3) is 0.0500. The van der Waals surface area contributed by atoms with Gasteiger partial charge >= 0.3 is 0 Å². The van der Waals surface area contributed by atoms with E-state index in [1.165, 1.54) is 6.08 Å². The number of rotatable bonds is 5. The van der Waals surface area contributed by atoms with Gasteiger partial charge in [0.2, 0.25) is 11.8 Å². The molecule has 0 unspecified atom stereocenters. The minimum absolute atomic E-state index is 0.264. The van der Waals surface area contributed by atoms with Crippen molar-refractivity contribution >= 4 is 17.7 Å². The molecule has 3 aromatic rings. The first-order chi connectivity index (χ1) is 12.2. The van der Waals surface area contributed by atoms with Crippen molar-refractivity contribution < 1.29 is 9.53 Å². The lowest BCUT2D eigenvalue weighted by atomic mass is 10.2. The van der Waals surface area contributed by atoms with E-state index in [4.69, 9.17) is 4.74 Å². The molecule has 0 bridgehead atoms. The summed E-state index contributed by atoms with van der Waals surface area (Å²) >= 11 is 0. The van der Waals surface area contributed by atoms with Crippen LogP contribution in [0.4, 0.5) is 5.69 Å². The number of para-hydroxylation sites is 1. The van der Waals surface area contributed by atoms with Crippen molar-refractivity contribution in [3.8, 4) is 11.6 Å². The van der Waals surface area contributed by atoms with Crippen molar-refractivity contribution in [2.75, 3.05) is 5.32 Å². The Morgan fingerprint density at radius 3 is 2.64 bits per heavy atom. The number of amides is 1. The number of anilines is 1. The summed E-state index contributed by atoms with van der Waals surface area (Å²) in [6.07, 6.45) is 8.14. The van der Waals surface area contributed by atoms with E-state index < -0.39 is 0 Å². The highest BCUT2D eigenvalue weighted by Crippen LogP contribution is 2.28. The van der Waals surface area contributed by atoms with Crippen LogP contribution in [0.25, 0.3) is 6.08 Å². The second kappa shape index (κ2) is 7.88. The number of hydrogen-bond acceptors (Lipinski definition) is 4. The van der Waals surface area contributed by atoms with Gasteiger partial charge in [-0.3, -0.25) is 9.78 Å². The summed E-state index contributed by atoms with van der Waals surface area (Å²) < 4.78 is 5.85. The Morgan fingerprint density at radius 1 is 1.04 bits per heavy atom. The molecule has 0 aliphatic heterocycles. The van der Waals surface area contributed by atoms with Gasteiger partial charge in [-0.25, -0.2) is 4.98 Å². The highest BCUT2D eigenvalue weighted by atomic mass is 16.5. The molecule has 2 aromatic heterocycles. The van der Waals surface area contributed by atoms with E-state index in [1.807, 2.05) is 43.3 Å². The first-order valence-electron chi connectivity index (χ1n) is 7.80. The normalized spacial score (nSPS) is 10.6. The Morgan fingerprint density at radius 2 is 1.84 bits per heavy atom. The third kappa shape index (κ3) is 4.51. The second-order valence-corrected chi connectivity index (χ2v) is 5.33. The zero-order chi connectivity index (χ0) is 17.5. The highest BCUT2D eigenvalue weighted by Gasteiger charge is 2.09. The van der Waals surface area contributed by atoms with Crippen molar-refractivity contribution in [3.63, 3.8) is 0 Å². The second-order valence-electron chi connectivity index (χ2n) is 5.33. The number of carbonyl (C=O) groups is 1. The zero-order valence-corrected chi connectivity index (χ0v) is 13.7. The predicted molar refractivity (Wildman–Crippen MR) is 97.4 cm³/mol. The smallest absolute Gasteiger partial charge is 0.248 e. The molecule has 2 heterocycles. The molecular formula is C20H17N3O2. The van der Waals surface area contributed by atoms with Gasteiger partial charge in [0, 0.05) is 24.7 Å². The highest BCUT2D eigenvalue weighted by molar-refractivity contribution is 6.02. The van der Waals surface area contributed by atoms with E-state index in [0.29, 0.717) is 17.3 Å². The van der Waals surface area contributed by atoms with Crippen LogP contribution < -0.4 is 10.1 Å². The fourth-order valence-corrected chi connectivity index (χ4v) is 2.16. The minimum Gasteiger partial charge on any atom is -0.437 e. The van der Waals surface area contributed by atoms with Gasteiger partial charge in [-0.05, 0) is 54.5 Å². The summed E-state index contributed by atoms with van der Waals surface area (Å²) in [6, 6.07) is 14.8. The van der Waals surface area contributed by atoms with Crippen LogP contribution in [0.3, 0.4) is 0 Å². The maximum absolute atomic E-state index is 12.2. The third-order valence-corrected chi connectivity index (χ3v) is 3.46. The zero-order valence-electron chi connectivity index (χ0n) is 13.7. The van der Waals surface area contributed by atoms with E-state index in [-0.39, 0.29) is 5.91 Å². The standard InChI is InChI=1S/C20H17N3O2/c1-15-5-2-3-7-18(15)25-20-17(6-4-12-22-20)23-19(24)9-8-16-10-13-21-14-11-16/h2-14H,1H3,(H,23,24)/b9-8+. The third-order valence-electron chi connectivity index (χ3n) is 3.46. The molecule has 0 saturated carbocycles. The van der Waals surface area contributed by atoms with Crippen molar-refractivity contribution in [2.24, 2.45) is 0 Å². The lowest BCUT2D eigenvalue weighted by Gasteiger charge is -2.11. The number of benzene rings is 1. The van der Waals surface area contributed by atoms with Crippen LogP contribution in [0.1, 0.15) is 11.1 Å². The molecule has 25 heavy (non-hydrogen) atoms. The number of aryl methyl sites for hydroxylation is 1. The molecule has 1 N–H and O–H groups in total. The molecule has 5 heteroatoms. The van der Waals surface area contributed by atoms with Gasteiger partial charge in [0.05, 0.1) is 0 Å². The minimum atomic E-state index is -0.264. The number of nitrogens with one attached hydrogen (secondary N) is 1. The van der Waals surface area contributed by atoms with Crippen LogP contribution in [0.5, 0.6) is 11.6 Å². The lowest BCUT2D eigenvalue weighted by molar-refractivity contribution is -0.111. The summed E-state index contributed by atoms with van der Waals surface area (Å²) in [4.78, 5) is 20.3. The molecule has 0 aliphatic carbocycles. The van der Waals surface area contributed by atoms with Crippen LogP contribution in [0, 0.1) is 6.92 Å². The van der Waals surface area contributed by atoms with Crippen LogP contribution in [0.2, 0.25) is 0 Å². The first-order valence-corrected chi connectivity index (χ1v) is 7.80. The Balaban J connectivity index is 1.74. The molecule has 5 nitrogen and oxygen atoms in total. The monoisotopic (exact) mass is 331 g/mol. The average Bonchev–Trinajstić information content (AvgIpc) is 2.64. The summed E-state index contributed by atoms with van der Waals surface area (Å²) in [5.74, 6) is 0.783. The van der Waals surface area contributed by atoms with Gasteiger partial charge in [0.15, 0.2) is 0 Å².